The van der Waals surface area contributed by atoms with Crippen molar-refractivity contribution in [1.82, 2.24) is 15.2 Å². The van der Waals surface area contributed by atoms with Gasteiger partial charge in [-0.1, -0.05) is 41.6 Å². The Morgan fingerprint density at radius 3 is 2.57 bits per heavy atom. The summed E-state index contributed by atoms with van der Waals surface area (Å²) in [6, 6.07) is 9.63. The van der Waals surface area contributed by atoms with E-state index in [1.165, 1.54) is 0 Å². The number of amides is 1. The average molecular weight is 437 g/mol. The molecule has 3 rings (SSSR count). The molecular weight excluding hydrogens is 423 g/mol. The number of alkyl halides is 3. The third-order valence-electron chi connectivity index (χ3n) is 3.92. The van der Waals surface area contributed by atoms with Gasteiger partial charge in [-0.25, -0.2) is 4.98 Å². The highest BCUT2D eigenvalue weighted by molar-refractivity contribution is 7.99. The Kier molecular flexibility index (Phi) is 6.06. The zero-order valence-electron chi connectivity index (χ0n) is 15.4. The van der Waals surface area contributed by atoms with Crippen molar-refractivity contribution in [3.8, 4) is 11.4 Å². The Bertz CT molecular complexity index is 1080. The molecule has 3 aromatic rings. The predicted octanol–water partition coefficient (Wildman–Crippen LogP) is 4.44. The Morgan fingerprint density at radius 1 is 1.23 bits per heavy atom. The smallest absolute Gasteiger partial charge is 0.325 e. The number of aromatic amines is 1. The van der Waals surface area contributed by atoms with E-state index in [4.69, 9.17) is 0 Å². The van der Waals surface area contributed by atoms with E-state index in [-0.39, 0.29) is 10.9 Å². The number of nitrogens with zero attached hydrogens (tertiary/aromatic N) is 3. The van der Waals surface area contributed by atoms with Crippen LogP contribution in [-0.4, -0.2) is 31.8 Å². The fourth-order valence-corrected chi connectivity index (χ4v) is 3.06. The fourth-order valence-electron chi connectivity index (χ4n) is 2.46. The van der Waals surface area contributed by atoms with E-state index < -0.39 is 33.9 Å². The molecule has 0 spiro atoms. The zero-order valence-corrected chi connectivity index (χ0v) is 16.2. The van der Waals surface area contributed by atoms with Crippen LogP contribution in [0.1, 0.15) is 11.1 Å². The molecule has 156 valence electrons. The van der Waals surface area contributed by atoms with E-state index in [0.29, 0.717) is 11.9 Å². The first-order chi connectivity index (χ1) is 14.1. The highest BCUT2D eigenvalue weighted by Crippen LogP contribution is 2.37. The van der Waals surface area contributed by atoms with Gasteiger partial charge in [0.25, 0.3) is 5.69 Å². The number of carbonyl (C=O) groups excluding carboxylic acids is 1. The summed E-state index contributed by atoms with van der Waals surface area (Å²) in [6.45, 7) is 1.94. The first-order valence-electron chi connectivity index (χ1n) is 8.41. The highest BCUT2D eigenvalue weighted by Gasteiger charge is 2.35. The number of benzene rings is 2. The Labute approximate surface area is 172 Å². The van der Waals surface area contributed by atoms with Gasteiger partial charge in [-0.2, -0.15) is 13.2 Å². The van der Waals surface area contributed by atoms with Crippen molar-refractivity contribution in [2.75, 3.05) is 11.1 Å². The van der Waals surface area contributed by atoms with Crippen LogP contribution in [0.3, 0.4) is 0 Å². The summed E-state index contributed by atoms with van der Waals surface area (Å²) in [5, 5.41) is 19.8. The molecule has 0 aliphatic heterocycles. The number of aromatic nitrogens is 3. The van der Waals surface area contributed by atoms with Crippen LogP contribution >= 0.6 is 11.8 Å². The summed E-state index contributed by atoms with van der Waals surface area (Å²) in [4.78, 5) is 26.1. The second-order valence-corrected chi connectivity index (χ2v) is 7.10. The number of H-pyrrole nitrogens is 1. The Hall–Kier alpha value is -3.41. The van der Waals surface area contributed by atoms with Crippen molar-refractivity contribution >= 4 is 29.0 Å². The van der Waals surface area contributed by atoms with Crippen LogP contribution in [0.15, 0.2) is 47.6 Å². The van der Waals surface area contributed by atoms with Gasteiger partial charge < -0.3 is 5.32 Å². The minimum absolute atomic E-state index is 0.250. The molecule has 0 aliphatic rings. The number of aryl methyl sites for hydroxylation is 1. The molecule has 2 N–H and O–H groups in total. The maximum atomic E-state index is 13.2. The lowest BCUT2D eigenvalue weighted by molar-refractivity contribution is -0.385. The van der Waals surface area contributed by atoms with Crippen molar-refractivity contribution in [2.45, 2.75) is 18.3 Å². The number of nitro groups is 1. The molecule has 0 unspecified atom stereocenters. The number of nitrogens with one attached hydrogen (secondary N) is 2. The number of hydrogen-bond acceptors (Lipinski definition) is 6. The van der Waals surface area contributed by atoms with Crippen LogP contribution in [0, 0.1) is 17.0 Å². The number of carbonyl (C=O) groups is 1. The monoisotopic (exact) mass is 437 g/mol. The van der Waals surface area contributed by atoms with Gasteiger partial charge in [-0.3, -0.25) is 20.0 Å². The van der Waals surface area contributed by atoms with Crippen molar-refractivity contribution in [3.05, 3.63) is 63.7 Å². The molecule has 0 atom stereocenters. The number of anilines is 1. The largest absolute Gasteiger partial charge is 0.418 e. The van der Waals surface area contributed by atoms with Crippen LogP contribution in [0.5, 0.6) is 0 Å². The van der Waals surface area contributed by atoms with E-state index in [0.717, 1.165) is 35.0 Å². The van der Waals surface area contributed by atoms with E-state index >= 15 is 0 Å². The molecule has 0 saturated carbocycles. The zero-order chi connectivity index (χ0) is 21.9. The van der Waals surface area contributed by atoms with Gasteiger partial charge in [0.1, 0.15) is 0 Å². The molecule has 0 fully saturated rings. The van der Waals surface area contributed by atoms with Crippen LogP contribution in [0.25, 0.3) is 11.4 Å². The van der Waals surface area contributed by atoms with Gasteiger partial charge in [0, 0.05) is 17.7 Å². The molecular formula is C18H14F3N5O3S. The first kappa shape index (κ1) is 21.3. The molecule has 1 heterocycles. The topological polar surface area (TPSA) is 114 Å². The minimum atomic E-state index is -4.87. The molecule has 8 nitrogen and oxygen atoms in total. The molecule has 12 heteroatoms. The second kappa shape index (κ2) is 8.53. The van der Waals surface area contributed by atoms with Gasteiger partial charge in [0.05, 0.1) is 21.9 Å². The number of non-ortho nitro benzene ring substituents is 1. The molecule has 2 aromatic carbocycles. The minimum Gasteiger partial charge on any atom is -0.325 e. The summed E-state index contributed by atoms with van der Waals surface area (Å²) in [5.41, 5.74) is -0.707. The van der Waals surface area contributed by atoms with Crippen LogP contribution < -0.4 is 5.32 Å². The van der Waals surface area contributed by atoms with Crippen molar-refractivity contribution in [2.24, 2.45) is 0 Å². The maximum Gasteiger partial charge on any atom is 0.418 e. The number of halogens is 3. The molecule has 0 bridgehead atoms. The third kappa shape index (κ3) is 5.14. The fraction of sp³-hybridized carbons (Fsp3) is 0.167. The summed E-state index contributed by atoms with van der Waals surface area (Å²) >= 11 is 0.933. The first-order valence-corrected chi connectivity index (χ1v) is 9.40. The van der Waals surface area contributed by atoms with Gasteiger partial charge in [-0.05, 0) is 13.0 Å². The number of thioether (sulfide) groups is 1. The molecule has 1 amide bonds. The van der Waals surface area contributed by atoms with Crippen molar-refractivity contribution in [1.29, 1.82) is 0 Å². The normalized spacial score (nSPS) is 11.3. The molecule has 0 saturated heterocycles. The van der Waals surface area contributed by atoms with Gasteiger partial charge in [0.2, 0.25) is 11.1 Å². The number of rotatable bonds is 6. The van der Waals surface area contributed by atoms with Gasteiger partial charge >= 0.3 is 6.18 Å². The Balaban J connectivity index is 1.67. The number of nitro benzene ring substituents is 1. The van der Waals surface area contributed by atoms with E-state index in [1.807, 2.05) is 31.2 Å². The molecule has 0 aliphatic carbocycles. The van der Waals surface area contributed by atoms with Crippen molar-refractivity contribution < 1.29 is 22.9 Å². The van der Waals surface area contributed by atoms with Crippen LogP contribution in [0.2, 0.25) is 0 Å². The van der Waals surface area contributed by atoms with Gasteiger partial charge in [-0.15, -0.1) is 5.10 Å². The third-order valence-corrected chi connectivity index (χ3v) is 4.76. The average Bonchev–Trinajstić information content (AvgIpc) is 3.15. The summed E-state index contributed by atoms with van der Waals surface area (Å²) in [7, 11) is 0. The lowest BCUT2D eigenvalue weighted by Crippen LogP contribution is -2.18. The standard InChI is InChI=1S/C18H14F3N5O3S/c1-10-2-4-11(5-3-10)16-23-17(25-24-16)30-9-15(27)22-14-7-6-12(26(28)29)8-13(14)18(19,20)21/h2-8H,9H2,1H3,(H,22,27)(H,23,24,25). The Morgan fingerprint density at radius 2 is 1.93 bits per heavy atom. The van der Waals surface area contributed by atoms with E-state index in [2.05, 4.69) is 20.5 Å². The maximum absolute atomic E-state index is 13.2. The van der Waals surface area contributed by atoms with Crippen LogP contribution in [-0.2, 0) is 11.0 Å². The van der Waals surface area contributed by atoms with Crippen molar-refractivity contribution in [3.63, 3.8) is 0 Å². The SMILES string of the molecule is Cc1ccc(-c2nc(SCC(=O)Nc3ccc([N+](=O)[O-])cc3C(F)(F)F)n[nH]2)cc1. The number of hydrogen-bond donors (Lipinski definition) is 2. The summed E-state index contributed by atoms with van der Waals surface area (Å²) < 4.78 is 39.5. The van der Waals surface area contributed by atoms with Gasteiger partial charge in [0.15, 0.2) is 5.82 Å². The van der Waals surface area contributed by atoms with Crippen LogP contribution in [0.4, 0.5) is 24.5 Å². The van der Waals surface area contributed by atoms with E-state index in [9.17, 15) is 28.1 Å². The molecule has 30 heavy (non-hydrogen) atoms. The summed E-state index contributed by atoms with van der Waals surface area (Å²) in [6.07, 6.45) is -4.87. The quantitative estimate of drug-likeness (QED) is 0.335. The van der Waals surface area contributed by atoms with E-state index in [1.54, 1.807) is 0 Å². The lowest BCUT2D eigenvalue weighted by atomic mass is 10.1. The molecule has 0 radical (unpaired) electrons. The second-order valence-electron chi connectivity index (χ2n) is 6.15. The predicted molar refractivity (Wildman–Crippen MR) is 104 cm³/mol. The summed E-state index contributed by atoms with van der Waals surface area (Å²) in [5.74, 6) is -0.492. The lowest BCUT2D eigenvalue weighted by Gasteiger charge is -2.13. The highest BCUT2D eigenvalue weighted by atomic mass is 32.2. The molecule has 1 aromatic heterocycles.